The van der Waals surface area contributed by atoms with Gasteiger partial charge in [0.2, 0.25) is 0 Å². The van der Waals surface area contributed by atoms with Crippen molar-refractivity contribution in [1.29, 1.82) is 0 Å². The summed E-state index contributed by atoms with van der Waals surface area (Å²) in [6.07, 6.45) is 1.05. The highest BCUT2D eigenvalue weighted by Crippen LogP contribution is 2.24. The van der Waals surface area contributed by atoms with Crippen LogP contribution >= 0.6 is 0 Å². The van der Waals surface area contributed by atoms with Gasteiger partial charge >= 0.3 is 0 Å². The van der Waals surface area contributed by atoms with E-state index in [0.717, 1.165) is 19.5 Å². The molecule has 0 spiro atoms. The van der Waals surface area contributed by atoms with Gasteiger partial charge in [0.15, 0.2) is 0 Å². The smallest absolute Gasteiger partial charge is 0.0626 e. The summed E-state index contributed by atoms with van der Waals surface area (Å²) < 4.78 is 0. The lowest BCUT2D eigenvalue weighted by Gasteiger charge is -2.27. The van der Waals surface area contributed by atoms with Crippen molar-refractivity contribution < 1.29 is 5.11 Å². The number of likely N-dealkylation sites (N-methyl/N-ethyl adjacent to an activating group) is 2. The van der Waals surface area contributed by atoms with Crippen LogP contribution in [-0.2, 0) is 0 Å². The molecule has 0 aromatic rings. The maximum absolute atomic E-state index is 9.29. The summed E-state index contributed by atoms with van der Waals surface area (Å²) in [4.78, 5) is 2.29. The standard InChI is InChI=1S/C9H20N2O/c1-4-10-9(7-12)5-8(2)11(3)6-9/h8,10,12H,4-7H2,1-3H3. The maximum atomic E-state index is 9.29. The van der Waals surface area contributed by atoms with Gasteiger partial charge in [-0.25, -0.2) is 0 Å². The second kappa shape index (κ2) is 3.73. The summed E-state index contributed by atoms with van der Waals surface area (Å²) in [6, 6.07) is 0.580. The van der Waals surface area contributed by atoms with E-state index in [1.165, 1.54) is 0 Å². The predicted molar refractivity (Wildman–Crippen MR) is 50.2 cm³/mol. The molecule has 2 unspecified atom stereocenters. The van der Waals surface area contributed by atoms with Crippen LogP contribution in [0.3, 0.4) is 0 Å². The van der Waals surface area contributed by atoms with Crippen molar-refractivity contribution in [2.75, 3.05) is 26.7 Å². The van der Waals surface area contributed by atoms with Gasteiger partial charge in [-0.2, -0.15) is 0 Å². The van der Waals surface area contributed by atoms with Crippen LogP contribution < -0.4 is 5.32 Å². The molecule has 1 heterocycles. The number of aliphatic hydroxyl groups excluding tert-OH is 1. The third-order valence-corrected chi connectivity index (χ3v) is 2.85. The molecule has 1 fully saturated rings. The second-order valence-corrected chi connectivity index (χ2v) is 3.94. The Hall–Kier alpha value is -0.120. The van der Waals surface area contributed by atoms with E-state index in [2.05, 4.69) is 31.1 Å². The minimum Gasteiger partial charge on any atom is -0.394 e. The molecular formula is C9H20N2O. The van der Waals surface area contributed by atoms with Crippen molar-refractivity contribution in [2.45, 2.75) is 31.8 Å². The molecule has 1 aliphatic rings. The van der Waals surface area contributed by atoms with Crippen molar-refractivity contribution >= 4 is 0 Å². The lowest BCUT2D eigenvalue weighted by Crippen LogP contribution is -2.50. The first-order chi connectivity index (χ1) is 5.63. The van der Waals surface area contributed by atoms with Crippen LogP contribution in [0, 0.1) is 0 Å². The van der Waals surface area contributed by atoms with Gasteiger partial charge in [-0.15, -0.1) is 0 Å². The number of nitrogens with zero attached hydrogens (tertiary/aromatic N) is 1. The topological polar surface area (TPSA) is 35.5 Å². The van der Waals surface area contributed by atoms with Gasteiger partial charge < -0.3 is 15.3 Å². The van der Waals surface area contributed by atoms with Crippen LogP contribution in [0.2, 0.25) is 0 Å². The van der Waals surface area contributed by atoms with Crippen molar-refractivity contribution in [1.82, 2.24) is 10.2 Å². The average molecular weight is 172 g/mol. The van der Waals surface area contributed by atoms with Crippen LogP contribution in [0.5, 0.6) is 0 Å². The minimum absolute atomic E-state index is 0.0388. The van der Waals surface area contributed by atoms with Crippen molar-refractivity contribution in [3.63, 3.8) is 0 Å². The largest absolute Gasteiger partial charge is 0.394 e. The molecule has 2 N–H and O–H groups in total. The zero-order valence-electron chi connectivity index (χ0n) is 8.30. The number of hydrogen-bond donors (Lipinski definition) is 2. The van der Waals surface area contributed by atoms with Crippen molar-refractivity contribution in [3.8, 4) is 0 Å². The Morgan fingerprint density at radius 2 is 2.33 bits per heavy atom. The van der Waals surface area contributed by atoms with Gasteiger partial charge in [0.25, 0.3) is 0 Å². The van der Waals surface area contributed by atoms with Crippen molar-refractivity contribution in [3.05, 3.63) is 0 Å². The number of nitrogens with one attached hydrogen (secondary N) is 1. The van der Waals surface area contributed by atoms with Crippen LogP contribution in [0.15, 0.2) is 0 Å². The Labute approximate surface area is 74.8 Å². The molecule has 12 heavy (non-hydrogen) atoms. The predicted octanol–water partition coefficient (Wildman–Crippen LogP) is 0.0510. The van der Waals surface area contributed by atoms with Crippen LogP contribution in [0.25, 0.3) is 0 Å². The number of aliphatic hydroxyl groups is 1. The maximum Gasteiger partial charge on any atom is 0.0626 e. The van der Waals surface area contributed by atoms with Gasteiger partial charge in [0.05, 0.1) is 12.1 Å². The van der Waals surface area contributed by atoms with E-state index in [0.29, 0.717) is 6.04 Å². The number of rotatable bonds is 3. The summed E-state index contributed by atoms with van der Waals surface area (Å²) in [5.74, 6) is 0. The lowest BCUT2D eigenvalue weighted by molar-refractivity contribution is 0.167. The van der Waals surface area contributed by atoms with E-state index < -0.39 is 0 Å². The Bertz CT molecular complexity index is 139. The molecule has 0 aromatic heterocycles. The molecule has 0 amide bonds. The molecule has 1 rings (SSSR count). The Balaban J connectivity index is 2.58. The van der Waals surface area contributed by atoms with E-state index in [1.54, 1.807) is 0 Å². The summed E-state index contributed by atoms with van der Waals surface area (Å²) in [6.45, 7) is 6.42. The molecule has 0 saturated carbocycles. The van der Waals surface area contributed by atoms with E-state index in [9.17, 15) is 5.11 Å². The highest BCUT2D eigenvalue weighted by Gasteiger charge is 2.39. The van der Waals surface area contributed by atoms with E-state index >= 15 is 0 Å². The van der Waals surface area contributed by atoms with E-state index in [-0.39, 0.29) is 12.1 Å². The summed E-state index contributed by atoms with van der Waals surface area (Å²) in [7, 11) is 2.11. The van der Waals surface area contributed by atoms with Crippen LogP contribution in [0.1, 0.15) is 20.3 Å². The Kier molecular flexibility index (Phi) is 3.09. The molecule has 0 aromatic carbocycles. The quantitative estimate of drug-likeness (QED) is 0.631. The second-order valence-electron chi connectivity index (χ2n) is 3.94. The number of hydrogen-bond acceptors (Lipinski definition) is 3. The molecule has 0 bridgehead atoms. The first-order valence-electron chi connectivity index (χ1n) is 4.69. The third-order valence-electron chi connectivity index (χ3n) is 2.85. The zero-order valence-corrected chi connectivity index (χ0v) is 8.30. The Morgan fingerprint density at radius 3 is 2.67 bits per heavy atom. The lowest BCUT2D eigenvalue weighted by atomic mass is 9.97. The van der Waals surface area contributed by atoms with E-state index in [1.807, 2.05) is 0 Å². The molecule has 3 heteroatoms. The Morgan fingerprint density at radius 1 is 1.67 bits per heavy atom. The van der Waals surface area contributed by atoms with Crippen LogP contribution in [0.4, 0.5) is 0 Å². The van der Waals surface area contributed by atoms with Crippen LogP contribution in [-0.4, -0.2) is 48.3 Å². The number of likely N-dealkylation sites (tertiary alicyclic amines) is 1. The molecule has 72 valence electrons. The molecule has 3 nitrogen and oxygen atoms in total. The summed E-state index contributed by atoms with van der Waals surface area (Å²) >= 11 is 0. The first kappa shape index (κ1) is 9.96. The molecule has 1 aliphatic heterocycles. The molecule has 0 aliphatic carbocycles. The molecular weight excluding hydrogens is 152 g/mol. The monoisotopic (exact) mass is 172 g/mol. The molecule has 0 radical (unpaired) electrons. The van der Waals surface area contributed by atoms with Gasteiger partial charge in [0, 0.05) is 12.6 Å². The third kappa shape index (κ3) is 1.79. The highest BCUT2D eigenvalue weighted by molar-refractivity contribution is 4.99. The normalized spacial score (nSPS) is 37.5. The van der Waals surface area contributed by atoms with Crippen molar-refractivity contribution in [2.24, 2.45) is 0 Å². The zero-order chi connectivity index (χ0) is 9.19. The average Bonchev–Trinajstić information content (AvgIpc) is 2.30. The van der Waals surface area contributed by atoms with Gasteiger partial charge in [-0.05, 0) is 26.9 Å². The van der Waals surface area contributed by atoms with Gasteiger partial charge in [-0.1, -0.05) is 6.92 Å². The first-order valence-corrected chi connectivity index (χ1v) is 4.69. The fourth-order valence-electron chi connectivity index (χ4n) is 2.09. The molecule has 1 saturated heterocycles. The molecule has 2 atom stereocenters. The van der Waals surface area contributed by atoms with Gasteiger partial charge in [-0.3, -0.25) is 0 Å². The van der Waals surface area contributed by atoms with E-state index in [4.69, 9.17) is 0 Å². The fraction of sp³-hybridized carbons (Fsp3) is 1.00. The summed E-state index contributed by atoms with van der Waals surface area (Å²) in [5, 5.41) is 12.7. The van der Waals surface area contributed by atoms with Gasteiger partial charge in [0.1, 0.15) is 0 Å². The fourth-order valence-corrected chi connectivity index (χ4v) is 2.09. The minimum atomic E-state index is -0.0388. The summed E-state index contributed by atoms with van der Waals surface area (Å²) in [5.41, 5.74) is -0.0388. The SMILES string of the molecule is CCNC1(CO)CC(C)N(C)C1. The highest BCUT2D eigenvalue weighted by atomic mass is 16.3.